The summed E-state index contributed by atoms with van der Waals surface area (Å²) in [5, 5.41) is 14.9. The minimum Gasteiger partial charge on any atom is -0.368 e. The van der Waals surface area contributed by atoms with Crippen molar-refractivity contribution in [3.8, 4) is 0 Å². The van der Waals surface area contributed by atoms with Gasteiger partial charge in [-0.05, 0) is 26.5 Å². The standard InChI is InChI=1S/C21H21FN8O/c1-12-9-30-11-14(7-16(22)20(30)26-12)27-21(31)19-18-15(3-5-25-28-18)17(8-24-19)29-6-4-13(10-29)23-2/h3,5,7-9,11,13,23H,4,6,10H2,1-2H3,(H,27,31). The number of carbonyl (C=O) groups excluding carboxylic acids is 1. The number of likely N-dealkylation sites (N-methyl/N-ethyl adjacent to an activating group) is 1. The molecule has 0 aromatic carbocycles. The number of pyridine rings is 2. The number of halogens is 1. The summed E-state index contributed by atoms with van der Waals surface area (Å²) in [6.07, 6.45) is 7.63. The number of hydrogen-bond acceptors (Lipinski definition) is 7. The highest BCUT2D eigenvalue weighted by Crippen LogP contribution is 2.29. The molecule has 0 spiro atoms. The zero-order chi connectivity index (χ0) is 21.5. The Hall–Kier alpha value is -3.66. The smallest absolute Gasteiger partial charge is 0.276 e. The van der Waals surface area contributed by atoms with Gasteiger partial charge in [0.05, 0.1) is 29.5 Å². The highest BCUT2D eigenvalue weighted by molar-refractivity contribution is 6.12. The normalized spacial score (nSPS) is 16.4. The lowest BCUT2D eigenvalue weighted by Crippen LogP contribution is -2.29. The van der Waals surface area contributed by atoms with Gasteiger partial charge in [0.2, 0.25) is 0 Å². The van der Waals surface area contributed by atoms with Gasteiger partial charge in [0.25, 0.3) is 5.91 Å². The van der Waals surface area contributed by atoms with Crippen molar-refractivity contribution in [1.29, 1.82) is 0 Å². The fourth-order valence-electron chi connectivity index (χ4n) is 4.04. The molecule has 1 fully saturated rings. The van der Waals surface area contributed by atoms with Crippen molar-refractivity contribution < 1.29 is 9.18 Å². The summed E-state index contributed by atoms with van der Waals surface area (Å²) in [4.78, 5) is 23.8. The Balaban J connectivity index is 1.49. The zero-order valence-corrected chi connectivity index (χ0v) is 17.1. The average molecular weight is 420 g/mol. The van der Waals surface area contributed by atoms with Crippen LogP contribution in [0.1, 0.15) is 22.6 Å². The minimum atomic E-state index is -0.521. The van der Waals surface area contributed by atoms with Crippen molar-refractivity contribution in [2.75, 3.05) is 30.4 Å². The van der Waals surface area contributed by atoms with Gasteiger partial charge in [-0.25, -0.2) is 14.4 Å². The van der Waals surface area contributed by atoms with Gasteiger partial charge in [-0.2, -0.15) is 5.10 Å². The van der Waals surface area contributed by atoms with Crippen LogP contribution < -0.4 is 15.5 Å². The van der Waals surface area contributed by atoms with E-state index in [0.717, 1.165) is 30.6 Å². The highest BCUT2D eigenvalue weighted by atomic mass is 19.1. The Bertz CT molecular complexity index is 1300. The molecular weight excluding hydrogens is 399 g/mol. The van der Waals surface area contributed by atoms with Gasteiger partial charge in [-0.3, -0.25) is 4.79 Å². The lowest BCUT2D eigenvalue weighted by molar-refractivity contribution is 0.102. The van der Waals surface area contributed by atoms with Crippen LogP contribution in [0.4, 0.5) is 15.8 Å². The van der Waals surface area contributed by atoms with Gasteiger partial charge in [0, 0.05) is 43.0 Å². The van der Waals surface area contributed by atoms with E-state index in [1.165, 1.54) is 6.07 Å². The van der Waals surface area contributed by atoms with E-state index in [0.29, 0.717) is 22.9 Å². The fraction of sp³-hybridized carbons (Fsp3) is 0.286. The van der Waals surface area contributed by atoms with Gasteiger partial charge < -0.3 is 19.9 Å². The molecule has 0 radical (unpaired) electrons. The first kappa shape index (κ1) is 19.3. The third-order valence-electron chi connectivity index (χ3n) is 5.57. The molecule has 4 aromatic heterocycles. The lowest BCUT2D eigenvalue weighted by Gasteiger charge is -2.20. The first-order valence-corrected chi connectivity index (χ1v) is 10.0. The molecule has 2 N–H and O–H groups in total. The Kier molecular flexibility index (Phi) is 4.70. The number of aromatic nitrogens is 5. The van der Waals surface area contributed by atoms with Crippen molar-refractivity contribution >= 4 is 33.8 Å². The Morgan fingerprint density at radius 3 is 3.00 bits per heavy atom. The monoisotopic (exact) mass is 420 g/mol. The van der Waals surface area contributed by atoms with Crippen molar-refractivity contribution in [1.82, 2.24) is 29.9 Å². The van der Waals surface area contributed by atoms with E-state index in [1.54, 1.807) is 36.1 Å². The minimum absolute atomic E-state index is 0.138. The molecule has 1 atom stereocenters. The van der Waals surface area contributed by atoms with Crippen molar-refractivity contribution in [2.45, 2.75) is 19.4 Å². The van der Waals surface area contributed by atoms with Crippen LogP contribution in [0.5, 0.6) is 0 Å². The van der Waals surface area contributed by atoms with E-state index in [2.05, 4.69) is 35.7 Å². The Morgan fingerprint density at radius 1 is 1.32 bits per heavy atom. The summed E-state index contributed by atoms with van der Waals surface area (Å²) in [6.45, 7) is 3.52. The summed E-state index contributed by atoms with van der Waals surface area (Å²) < 4.78 is 15.9. The summed E-state index contributed by atoms with van der Waals surface area (Å²) in [7, 11) is 1.95. The Labute approximate surface area is 177 Å². The van der Waals surface area contributed by atoms with E-state index in [1.807, 2.05) is 13.1 Å². The number of nitrogens with zero attached hydrogens (tertiary/aromatic N) is 6. The van der Waals surface area contributed by atoms with Crippen LogP contribution in [0, 0.1) is 12.7 Å². The molecule has 1 unspecified atom stereocenters. The van der Waals surface area contributed by atoms with Crippen LogP contribution in [0.15, 0.2) is 36.9 Å². The summed E-state index contributed by atoms with van der Waals surface area (Å²) in [5.41, 5.74) is 2.65. The van der Waals surface area contributed by atoms with Crippen LogP contribution in [0.2, 0.25) is 0 Å². The number of nitrogens with one attached hydrogen (secondary N) is 2. The van der Waals surface area contributed by atoms with Crippen LogP contribution in [0.3, 0.4) is 0 Å². The van der Waals surface area contributed by atoms with Gasteiger partial charge >= 0.3 is 0 Å². The number of fused-ring (bicyclic) bond motifs is 2. The second-order valence-corrected chi connectivity index (χ2v) is 7.65. The molecule has 158 valence electrons. The molecule has 1 amide bonds. The van der Waals surface area contributed by atoms with Crippen molar-refractivity contribution in [3.63, 3.8) is 0 Å². The maximum Gasteiger partial charge on any atom is 0.276 e. The molecule has 0 bridgehead atoms. The number of amides is 1. The molecule has 0 saturated carbocycles. The SMILES string of the molecule is CNC1CCN(c2cnc(C(=O)Nc3cc(F)c4nc(C)cn4c3)c3nnccc23)C1. The van der Waals surface area contributed by atoms with Crippen LogP contribution in [-0.2, 0) is 0 Å². The molecular formula is C21H21FN8O. The van der Waals surface area contributed by atoms with Gasteiger partial charge in [0.15, 0.2) is 17.2 Å². The maximum atomic E-state index is 14.4. The molecule has 4 aromatic rings. The van der Waals surface area contributed by atoms with E-state index in [9.17, 15) is 9.18 Å². The van der Waals surface area contributed by atoms with Crippen molar-refractivity contribution in [2.24, 2.45) is 0 Å². The summed E-state index contributed by atoms with van der Waals surface area (Å²) >= 11 is 0. The van der Waals surface area contributed by atoms with E-state index in [-0.39, 0.29) is 11.3 Å². The quantitative estimate of drug-likeness (QED) is 0.522. The molecule has 31 heavy (non-hydrogen) atoms. The molecule has 0 aliphatic carbocycles. The van der Waals surface area contributed by atoms with E-state index < -0.39 is 11.7 Å². The third-order valence-corrected chi connectivity index (χ3v) is 5.57. The van der Waals surface area contributed by atoms with Gasteiger partial charge in [-0.1, -0.05) is 0 Å². The first-order valence-electron chi connectivity index (χ1n) is 10.0. The van der Waals surface area contributed by atoms with Crippen molar-refractivity contribution in [3.05, 3.63) is 54.1 Å². The number of hydrogen-bond donors (Lipinski definition) is 2. The molecule has 1 saturated heterocycles. The first-order chi connectivity index (χ1) is 15.0. The second-order valence-electron chi connectivity index (χ2n) is 7.65. The fourth-order valence-corrected chi connectivity index (χ4v) is 4.04. The van der Waals surface area contributed by atoms with Gasteiger partial charge in [0.1, 0.15) is 5.52 Å². The number of aryl methyl sites for hydroxylation is 1. The summed E-state index contributed by atoms with van der Waals surface area (Å²) in [5.74, 6) is -1.01. The largest absolute Gasteiger partial charge is 0.368 e. The third kappa shape index (κ3) is 3.44. The second kappa shape index (κ2) is 7.55. The molecule has 1 aliphatic rings. The van der Waals surface area contributed by atoms with E-state index in [4.69, 9.17) is 0 Å². The van der Waals surface area contributed by atoms with Gasteiger partial charge in [-0.15, -0.1) is 5.10 Å². The molecule has 10 heteroatoms. The average Bonchev–Trinajstić information content (AvgIpc) is 3.39. The Morgan fingerprint density at radius 2 is 2.19 bits per heavy atom. The predicted octanol–water partition coefficient (Wildman–Crippen LogP) is 2.17. The number of rotatable bonds is 4. The van der Waals surface area contributed by atoms with Crippen LogP contribution in [-0.4, -0.2) is 56.7 Å². The molecule has 5 rings (SSSR count). The predicted molar refractivity (Wildman–Crippen MR) is 115 cm³/mol. The lowest BCUT2D eigenvalue weighted by atomic mass is 10.1. The maximum absolute atomic E-state index is 14.4. The molecule has 5 heterocycles. The molecule has 9 nitrogen and oxygen atoms in total. The van der Waals surface area contributed by atoms with Crippen LogP contribution >= 0.6 is 0 Å². The summed E-state index contributed by atoms with van der Waals surface area (Å²) in [6, 6.07) is 3.48. The number of anilines is 2. The number of carbonyl (C=O) groups is 1. The molecule has 1 aliphatic heterocycles. The van der Waals surface area contributed by atoms with E-state index >= 15 is 0 Å². The topological polar surface area (TPSA) is 100 Å². The zero-order valence-electron chi connectivity index (χ0n) is 17.1. The number of imidazole rings is 1. The van der Waals surface area contributed by atoms with Crippen LogP contribution in [0.25, 0.3) is 16.6 Å². The highest BCUT2D eigenvalue weighted by Gasteiger charge is 2.25.